The first-order chi connectivity index (χ1) is 9.08. The van der Waals surface area contributed by atoms with Gasteiger partial charge in [-0.1, -0.05) is 18.2 Å². The SMILES string of the molecule is C/C=C/C=C/C(=O)Oc1ccc(OC)cc1[N+](=O)[O-]. The van der Waals surface area contributed by atoms with Crippen molar-refractivity contribution in [2.75, 3.05) is 7.11 Å². The third-order valence-corrected chi connectivity index (χ3v) is 2.11. The van der Waals surface area contributed by atoms with Crippen molar-refractivity contribution in [2.45, 2.75) is 6.92 Å². The lowest BCUT2D eigenvalue weighted by Gasteiger charge is -2.04. The van der Waals surface area contributed by atoms with Crippen LogP contribution in [0.4, 0.5) is 5.69 Å². The molecular formula is C13H13NO5. The molecule has 0 unspecified atom stereocenters. The van der Waals surface area contributed by atoms with Crippen LogP contribution in [0.25, 0.3) is 0 Å². The number of carbonyl (C=O) groups excluding carboxylic acids is 1. The summed E-state index contributed by atoms with van der Waals surface area (Å²) in [5, 5.41) is 10.9. The zero-order chi connectivity index (χ0) is 14.3. The number of carbonyl (C=O) groups is 1. The van der Waals surface area contributed by atoms with Gasteiger partial charge in [0.05, 0.1) is 18.1 Å². The van der Waals surface area contributed by atoms with Crippen LogP contribution in [-0.2, 0) is 4.79 Å². The molecule has 1 rings (SSSR count). The summed E-state index contributed by atoms with van der Waals surface area (Å²) in [6.45, 7) is 1.80. The number of nitrogens with zero attached hydrogens (tertiary/aromatic N) is 1. The minimum atomic E-state index is -0.689. The quantitative estimate of drug-likeness (QED) is 0.204. The summed E-state index contributed by atoms with van der Waals surface area (Å²) in [5.41, 5.74) is -0.327. The van der Waals surface area contributed by atoms with Gasteiger partial charge in [-0.15, -0.1) is 0 Å². The standard InChI is InChI=1S/C13H13NO5/c1-3-4-5-6-13(15)19-12-8-7-10(18-2)9-11(12)14(16)17/h3-9H,1-2H3/b4-3+,6-5+. The Hall–Kier alpha value is -2.63. The van der Waals surface area contributed by atoms with Crippen LogP contribution in [0.5, 0.6) is 11.5 Å². The van der Waals surface area contributed by atoms with Crippen LogP contribution in [0.3, 0.4) is 0 Å². The Balaban J connectivity index is 2.94. The average Bonchev–Trinajstić information content (AvgIpc) is 2.39. The van der Waals surface area contributed by atoms with E-state index < -0.39 is 10.9 Å². The first-order valence-corrected chi connectivity index (χ1v) is 5.42. The van der Waals surface area contributed by atoms with Gasteiger partial charge >= 0.3 is 11.7 Å². The number of hydrogen-bond acceptors (Lipinski definition) is 5. The summed E-state index contributed by atoms with van der Waals surface area (Å²) in [4.78, 5) is 21.6. The second-order valence-corrected chi connectivity index (χ2v) is 3.40. The number of rotatable bonds is 5. The summed E-state index contributed by atoms with van der Waals surface area (Å²) in [6, 6.07) is 3.99. The molecule has 0 N–H and O–H groups in total. The number of allylic oxidation sites excluding steroid dienone is 3. The van der Waals surface area contributed by atoms with Gasteiger partial charge in [0.2, 0.25) is 5.75 Å². The highest BCUT2D eigenvalue weighted by molar-refractivity contribution is 5.85. The molecule has 0 bridgehead atoms. The predicted octanol–water partition coefficient (Wildman–Crippen LogP) is 2.64. The van der Waals surface area contributed by atoms with E-state index in [1.54, 1.807) is 19.1 Å². The van der Waals surface area contributed by atoms with Gasteiger partial charge in [0.15, 0.2) is 0 Å². The van der Waals surface area contributed by atoms with E-state index in [9.17, 15) is 14.9 Å². The van der Waals surface area contributed by atoms with Gasteiger partial charge in [-0.2, -0.15) is 0 Å². The van der Waals surface area contributed by atoms with E-state index in [-0.39, 0.29) is 11.4 Å². The fourth-order valence-corrected chi connectivity index (χ4v) is 1.24. The molecule has 0 spiro atoms. The molecule has 0 saturated carbocycles. The molecule has 0 aliphatic heterocycles. The first kappa shape index (κ1) is 14.4. The highest BCUT2D eigenvalue weighted by Crippen LogP contribution is 2.31. The Morgan fingerprint density at radius 2 is 2.11 bits per heavy atom. The summed E-state index contributed by atoms with van der Waals surface area (Å²) in [6.07, 6.45) is 6.04. The van der Waals surface area contributed by atoms with E-state index in [0.717, 1.165) is 0 Å². The molecule has 6 nitrogen and oxygen atoms in total. The Morgan fingerprint density at radius 1 is 1.37 bits per heavy atom. The van der Waals surface area contributed by atoms with Crippen molar-refractivity contribution < 1.29 is 19.2 Å². The molecule has 0 atom stereocenters. The summed E-state index contributed by atoms with van der Waals surface area (Å²) < 4.78 is 9.77. The minimum Gasteiger partial charge on any atom is -0.496 e. The number of nitro groups is 1. The van der Waals surface area contributed by atoms with Gasteiger partial charge in [-0.3, -0.25) is 10.1 Å². The molecule has 100 valence electrons. The lowest BCUT2D eigenvalue weighted by atomic mass is 10.3. The molecule has 0 amide bonds. The maximum atomic E-state index is 11.4. The van der Waals surface area contributed by atoms with Crippen molar-refractivity contribution >= 4 is 11.7 Å². The average molecular weight is 263 g/mol. The second-order valence-electron chi connectivity index (χ2n) is 3.40. The molecule has 6 heteroatoms. The summed E-state index contributed by atoms with van der Waals surface area (Å²) in [7, 11) is 1.39. The summed E-state index contributed by atoms with van der Waals surface area (Å²) in [5.74, 6) is -0.497. The van der Waals surface area contributed by atoms with Crippen molar-refractivity contribution in [1.82, 2.24) is 0 Å². The van der Waals surface area contributed by atoms with Gasteiger partial charge in [0, 0.05) is 6.08 Å². The largest absolute Gasteiger partial charge is 0.496 e. The number of hydrogen-bond donors (Lipinski definition) is 0. The Labute approximate surface area is 110 Å². The van der Waals surface area contributed by atoms with Crippen LogP contribution in [0.1, 0.15) is 6.92 Å². The van der Waals surface area contributed by atoms with Crippen LogP contribution >= 0.6 is 0 Å². The lowest BCUT2D eigenvalue weighted by molar-refractivity contribution is -0.385. The van der Waals surface area contributed by atoms with Crippen LogP contribution in [0.15, 0.2) is 42.5 Å². The lowest BCUT2D eigenvalue weighted by Crippen LogP contribution is -2.05. The number of benzene rings is 1. The van der Waals surface area contributed by atoms with Crippen LogP contribution in [0, 0.1) is 10.1 Å². The smallest absolute Gasteiger partial charge is 0.336 e. The molecule has 0 heterocycles. The molecule has 0 aliphatic carbocycles. The zero-order valence-electron chi connectivity index (χ0n) is 10.5. The molecule has 1 aromatic carbocycles. The van der Waals surface area contributed by atoms with Gasteiger partial charge in [0.1, 0.15) is 5.75 Å². The van der Waals surface area contributed by atoms with Gasteiger partial charge < -0.3 is 9.47 Å². The van der Waals surface area contributed by atoms with Gasteiger partial charge in [-0.05, 0) is 19.1 Å². The van der Waals surface area contributed by atoms with Gasteiger partial charge in [-0.25, -0.2) is 4.79 Å². The highest BCUT2D eigenvalue weighted by atomic mass is 16.6. The van der Waals surface area contributed by atoms with E-state index in [1.807, 2.05) is 0 Å². The predicted molar refractivity (Wildman–Crippen MR) is 69.2 cm³/mol. The first-order valence-electron chi connectivity index (χ1n) is 5.42. The number of ether oxygens (including phenoxy) is 2. The fourth-order valence-electron chi connectivity index (χ4n) is 1.24. The zero-order valence-corrected chi connectivity index (χ0v) is 10.5. The van der Waals surface area contributed by atoms with Crippen molar-refractivity contribution in [3.63, 3.8) is 0 Å². The molecule has 1 aromatic rings. The normalized spacial score (nSPS) is 10.8. The number of methoxy groups -OCH3 is 1. The monoisotopic (exact) mass is 263 g/mol. The van der Waals surface area contributed by atoms with E-state index in [4.69, 9.17) is 9.47 Å². The maximum Gasteiger partial charge on any atom is 0.336 e. The van der Waals surface area contributed by atoms with E-state index in [1.165, 1.54) is 37.5 Å². The molecule has 0 radical (unpaired) electrons. The molecule has 0 fully saturated rings. The van der Waals surface area contributed by atoms with Crippen LogP contribution in [0.2, 0.25) is 0 Å². The molecule has 0 saturated heterocycles. The van der Waals surface area contributed by atoms with Crippen LogP contribution in [-0.4, -0.2) is 18.0 Å². The highest BCUT2D eigenvalue weighted by Gasteiger charge is 2.18. The summed E-state index contributed by atoms with van der Waals surface area (Å²) >= 11 is 0. The second kappa shape index (κ2) is 6.95. The van der Waals surface area contributed by atoms with E-state index in [0.29, 0.717) is 5.75 Å². The van der Waals surface area contributed by atoms with Crippen molar-refractivity contribution in [3.8, 4) is 11.5 Å². The molecule has 0 aliphatic rings. The fraction of sp³-hybridized carbons (Fsp3) is 0.154. The Kier molecular flexibility index (Phi) is 5.28. The molecular weight excluding hydrogens is 250 g/mol. The van der Waals surface area contributed by atoms with Crippen molar-refractivity contribution in [2.24, 2.45) is 0 Å². The van der Waals surface area contributed by atoms with Crippen LogP contribution < -0.4 is 9.47 Å². The molecule has 0 aromatic heterocycles. The molecule has 19 heavy (non-hydrogen) atoms. The third-order valence-electron chi connectivity index (χ3n) is 2.11. The van der Waals surface area contributed by atoms with Crippen molar-refractivity contribution in [3.05, 3.63) is 52.6 Å². The van der Waals surface area contributed by atoms with E-state index in [2.05, 4.69) is 0 Å². The van der Waals surface area contributed by atoms with Crippen molar-refractivity contribution in [1.29, 1.82) is 0 Å². The van der Waals surface area contributed by atoms with Gasteiger partial charge in [0.25, 0.3) is 0 Å². The number of esters is 1. The Bertz CT molecular complexity index is 534. The maximum absolute atomic E-state index is 11.4. The topological polar surface area (TPSA) is 78.7 Å². The third kappa shape index (κ3) is 4.27. The number of nitro benzene ring substituents is 1. The Morgan fingerprint density at radius 3 is 2.68 bits per heavy atom. The van der Waals surface area contributed by atoms with E-state index >= 15 is 0 Å². The minimum absolute atomic E-state index is 0.124.